The molecule has 0 heterocycles. The minimum atomic E-state index is 0.415. The van der Waals surface area contributed by atoms with Gasteiger partial charge in [-0.2, -0.15) is 0 Å². The van der Waals surface area contributed by atoms with Gasteiger partial charge in [0.25, 0.3) is 0 Å². The molecule has 1 rings (SSSR count). The van der Waals surface area contributed by atoms with E-state index in [1.165, 1.54) is 25.7 Å². The van der Waals surface area contributed by atoms with Crippen LogP contribution in [0.25, 0.3) is 0 Å². The summed E-state index contributed by atoms with van der Waals surface area (Å²) >= 11 is 6.20. The summed E-state index contributed by atoms with van der Waals surface area (Å²) in [6, 6.07) is 0. The summed E-state index contributed by atoms with van der Waals surface area (Å²) in [4.78, 5) is 0. The van der Waals surface area contributed by atoms with Crippen LogP contribution in [0.2, 0.25) is 0 Å². The molecule has 0 aromatic rings. The molecule has 2 atom stereocenters. The average Bonchev–Trinajstić information content (AvgIpc) is 2.53. The normalized spacial score (nSPS) is 25.4. The molecule has 0 nitrogen and oxygen atoms in total. The van der Waals surface area contributed by atoms with Crippen molar-refractivity contribution in [1.82, 2.24) is 0 Å². The first-order chi connectivity index (χ1) is 5.25. The summed E-state index contributed by atoms with van der Waals surface area (Å²) in [6.07, 6.45) is 6.83. The van der Waals surface area contributed by atoms with Crippen molar-refractivity contribution < 1.29 is 0 Å². The molecule has 0 amide bonds. The van der Waals surface area contributed by atoms with Gasteiger partial charge in [-0.1, -0.05) is 39.5 Å². The first-order valence-corrected chi connectivity index (χ1v) is 5.33. The Morgan fingerprint density at radius 2 is 1.91 bits per heavy atom. The molecule has 0 bridgehead atoms. The largest absolute Gasteiger partial charge is 0.123 e. The van der Waals surface area contributed by atoms with Gasteiger partial charge in [0, 0.05) is 5.38 Å². The second kappa shape index (κ2) is 4.35. The third-order valence-electron chi connectivity index (χ3n) is 3.10. The fourth-order valence-corrected chi connectivity index (χ4v) is 2.36. The third-order valence-corrected chi connectivity index (χ3v) is 3.81. The highest BCUT2D eigenvalue weighted by Crippen LogP contribution is 2.35. The summed E-state index contributed by atoms with van der Waals surface area (Å²) in [5.41, 5.74) is 0. The molecule has 1 aliphatic carbocycles. The first-order valence-electron chi connectivity index (χ1n) is 4.89. The van der Waals surface area contributed by atoms with Crippen molar-refractivity contribution in [3.05, 3.63) is 0 Å². The van der Waals surface area contributed by atoms with Crippen LogP contribution in [-0.4, -0.2) is 5.38 Å². The van der Waals surface area contributed by atoms with E-state index in [2.05, 4.69) is 13.8 Å². The lowest BCUT2D eigenvalue weighted by molar-refractivity contribution is 0.348. The Kier molecular flexibility index (Phi) is 3.71. The van der Waals surface area contributed by atoms with E-state index in [0.29, 0.717) is 5.38 Å². The van der Waals surface area contributed by atoms with Gasteiger partial charge in [-0.25, -0.2) is 0 Å². The van der Waals surface area contributed by atoms with E-state index >= 15 is 0 Å². The zero-order valence-corrected chi connectivity index (χ0v) is 8.40. The van der Waals surface area contributed by atoms with Crippen LogP contribution < -0.4 is 0 Å². The SMILES string of the molecule is CCC(Cl)C(C)C1CCCC1. The fraction of sp³-hybridized carbons (Fsp3) is 1.00. The van der Waals surface area contributed by atoms with Crippen LogP contribution in [0.5, 0.6) is 0 Å². The second-order valence-corrected chi connectivity index (χ2v) is 4.39. The summed E-state index contributed by atoms with van der Waals surface area (Å²) < 4.78 is 0. The Hall–Kier alpha value is 0.290. The Morgan fingerprint density at radius 3 is 2.36 bits per heavy atom. The van der Waals surface area contributed by atoms with Gasteiger partial charge in [0.15, 0.2) is 0 Å². The van der Waals surface area contributed by atoms with Gasteiger partial charge < -0.3 is 0 Å². The molecule has 0 aliphatic heterocycles. The van der Waals surface area contributed by atoms with Crippen LogP contribution in [0, 0.1) is 11.8 Å². The molecule has 66 valence electrons. The number of hydrogen-bond donors (Lipinski definition) is 0. The minimum absolute atomic E-state index is 0.415. The van der Waals surface area contributed by atoms with Crippen molar-refractivity contribution in [1.29, 1.82) is 0 Å². The summed E-state index contributed by atoms with van der Waals surface area (Å²) in [5, 5.41) is 0.415. The Labute approximate surface area is 75.3 Å². The van der Waals surface area contributed by atoms with Crippen LogP contribution in [0.15, 0.2) is 0 Å². The van der Waals surface area contributed by atoms with Crippen molar-refractivity contribution in [2.75, 3.05) is 0 Å². The van der Waals surface area contributed by atoms with Crippen molar-refractivity contribution in [3.63, 3.8) is 0 Å². The molecular formula is C10H19Cl. The highest BCUT2D eigenvalue weighted by molar-refractivity contribution is 6.20. The van der Waals surface area contributed by atoms with Gasteiger partial charge >= 0.3 is 0 Å². The molecule has 1 aliphatic rings. The maximum atomic E-state index is 6.20. The fourth-order valence-electron chi connectivity index (χ4n) is 2.15. The maximum Gasteiger partial charge on any atom is 0.0361 e. The minimum Gasteiger partial charge on any atom is -0.123 e. The molecule has 11 heavy (non-hydrogen) atoms. The molecule has 2 unspecified atom stereocenters. The quantitative estimate of drug-likeness (QED) is 0.571. The predicted octanol–water partition coefficient (Wildman–Crippen LogP) is 3.83. The number of halogens is 1. The number of rotatable bonds is 3. The molecule has 0 saturated heterocycles. The lowest BCUT2D eigenvalue weighted by Crippen LogP contribution is -2.18. The zero-order chi connectivity index (χ0) is 8.27. The molecule has 1 heteroatoms. The van der Waals surface area contributed by atoms with E-state index in [-0.39, 0.29) is 0 Å². The lowest BCUT2D eigenvalue weighted by atomic mass is 9.89. The predicted molar refractivity (Wildman–Crippen MR) is 51.1 cm³/mol. The molecule has 0 N–H and O–H groups in total. The molecule has 0 spiro atoms. The van der Waals surface area contributed by atoms with Crippen LogP contribution in [-0.2, 0) is 0 Å². The van der Waals surface area contributed by atoms with E-state index in [1.807, 2.05) is 0 Å². The molecule has 0 aromatic heterocycles. The second-order valence-electron chi connectivity index (χ2n) is 3.83. The van der Waals surface area contributed by atoms with E-state index in [0.717, 1.165) is 18.3 Å². The number of hydrogen-bond acceptors (Lipinski definition) is 0. The first kappa shape index (κ1) is 9.38. The molecular weight excluding hydrogens is 156 g/mol. The average molecular weight is 175 g/mol. The number of alkyl halides is 1. The van der Waals surface area contributed by atoms with Crippen molar-refractivity contribution in [2.45, 2.75) is 51.3 Å². The van der Waals surface area contributed by atoms with Crippen LogP contribution in [0.3, 0.4) is 0 Å². The van der Waals surface area contributed by atoms with Crippen LogP contribution in [0.1, 0.15) is 46.0 Å². The van der Waals surface area contributed by atoms with Crippen molar-refractivity contribution in [2.24, 2.45) is 11.8 Å². The monoisotopic (exact) mass is 174 g/mol. The zero-order valence-electron chi connectivity index (χ0n) is 7.65. The van der Waals surface area contributed by atoms with E-state index < -0.39 is 0 Å². The van der Waals surface area contributed by atoms with Crippen LogP contribution in [0.4, 0.5) is 0 Å². The Bertz CT molecular complexity index is 105. The van der Waals surface area contributed by atoms with E-state index in [1.54, 1.807) is 0 Å². The lowest BCUT2D eigenvalue weighted by Gasteiger charge is -2.22. The maximum absolute atomic E-state index is 6.20. The standard InChI is InChI=1S/C10H19Cl/c1-3-10(11)8(2)9-6-4-5-7-9/h8-10H,3-7H2,1-2H3. The molecule has 0 radical (unpaired) electrons. The molecule has 1 saturated carbocycles. The van der Waals surface area contributed by atoms with Gasteiger partial charge in [0.1, 0.15) is 0 Å². The van der Waals surface area contributed by atoms with Gasteiger partial charge in [-0.05, 0) is 18.3 Å². The molecule has 0 aromatic carbocycles. The van der Waals surface area contributed by atoms with Crippen molar-refractivity contribution in [3.8, 4) is 0 Å². The highest BCUT2D eigenvalue weighted by atomic mass is 35.5. The van der Waals surface area contributed by atoms with Gasteiger partial charge in [-0.3, -0.25) is 0 Å². The Morgan fingerprint density at radius 1 is 1.36 bits per heavy atom. The topological polar surface area (TPSA) is 0 Å². The molecule has 1 fully saturated rings. The summed E-state index contributed by atoms with van der Waals surface area (Å²) in [6.45, 7) is 4.50. The van der Waals surface area contributed by atoms with E-state index in [4.69, 9.17) is 11.6 Å². The van der Waals surface area contributed by atoms with Gasteiger partial charge in [0.05, 0.1) is 0 Å². The van der Waals surface area contributed by atoms with Crippen molar-refractivity contribution >= 4 is 11.6 Å². The highest BCUT2D eigenvalue weighted by Gasteiger charge is 2.25. The van der Waals surface area contributed by atoms with Gasteiger partial charge in [-0.15, -0.1) is 11.6 Å². The summed E-state index contributed by atoms with van der Waals surface area (Å²) in [7, 11) is 0. The summed E-state index contributed by atoms with van der Waals surface area (Å²) in [5.74, 6) is 1.67. The van der Waals surface area contributed by atoms with Crippen LogP contribution >= 0.6 is 11.6 Å². The third kappa shape index (κ3) is 2.37. The Balaban J connectivity index is 2.32. The van der Waals surface area contributed by atoms with E-state index in [9.17, 15) is 0 Å². The van der Waals surface area contributed by atoms with Gasteiger partial charge in [0.2, 0.25) is 0 Å². The smallest absolute Gasteiger partial charge is 0.0361 e.